The van der Waals surface area contributed by atoms with Gasteiger partial charge in [-0.15, -0.1) is 11.3 Å². The Bertz CT molecular complexity index is 341. The van der Waals surface area contributed by atoms with Gasteiger partial charge in [-0.05, 0) is 6.92 Å². The summed E-state index contributed by atoms with van der Waals surface area (Å²) in [6, 6.07) is 0. The fraction of sp³-hybridized carbons (Fsp3) is 0.600. The summed E-state index contributed by atoms with van der Waals surface area (Å²) in [6.45, 7) is 3.72. The molecular formula is C10H16N2O3S. The number of methoxy groups -OCH3 is 1. The molecule has 16 heavy (non-hydrogen) atoms. The Kier molecular flexibility index (Phi) is 5.37. The first-order valence-electron chi connectivity index (χ1n) is 4.95. The molecular weight excluding hydrogens is 228 g/mol. The summed E-state index contributed by atoms with van der Waals surface area (Å²) < 4.78 is 4.96. The SMILES string of the molecule is COCCN(CC(=O)O)Cc1scnc1C. The van der Waals surface area contributed by atoms with Gasteiger partial charge in [0.15, 0.2) is 0 Å². The number of aliphatic carboxylic acids is 1. The molecule has 0 radical (unpaired) electrons. The van der Waals surface area contributed by atoms with Crippen LogP contribution in [0.5, 0.6) is 0 Å². The van der Waals surface area contributed by atoms with Crippen LogP contribution in [0.3, 0.4) is 0 Å². The van der Waals surface area contributed by atoms with Crippen molar-refractivity contribution in [2.24, 2.45) is 0 Å². The number of ether oxygens (including phenoxy) is 1. The summed E-state index contributed by atoms with van der Waals surface area (Å²) in [5.41, 5.74) is 2.75. The number of hydrogen-bond donors (Lipinski definition) is 1. The van der Waals surface area contributed by atoms with E-state index in [1.165, 1.54) is 0 Å². The largest absolute Gasteiger partial charge is 0.480 e. The Morgan fingerprint density at radius 1 is 1.69 bits per heavy atom. The van der Waals surface area contributed by atoms with Gasteiger partial charge in [-0.1, -0.05) is 0 Å². The van der Waals surface area contributed by atoms with Crippen molar-refractivity contribution in [2.45, 2.75) is 13.5 Å². The third kappa shape index (κ3) is 4.26. The molecule has 0 unspecified atom stereocenters. The Balaban J connectivity index is 2.55. The highest BCUT2D eigenvalue weighted by molar-refractivity contribution is 7.09. The van der Waals surface area contributed by atoms with Crippen LogP contribution in [0.25, 0.3) is 0 Å². The molecule has 1 heterocycles. The van der Waals surface area contributed by atoms with Crippen LogP contribution in [0.1, 0.15) is 10.6 Å². The minimum Gasteiger partial charge on any atom is -0.480 e. The van der Waals surface area contributed by atoms with E-state index in [2.05, 4.69) is 4.98 Å². The standard InChI is InChI=1S/C10H16N2O3S/c1-8-9(16-7-11-8)5-12(3-4-15-2)6-10(13)14/h7H,3-6H2,1-2H3,(H,13,14). The third-order valence-electron chi connectivity index (χ3n) is 2.18. The van der Waals surface area contributed by atoms with Crippen LogP contribution in [0.2, 0.25) is 0 Å². The number of hydrogen-bond acceptors (Lipinski definition) is 5. The maximum Gasteiger partial charge on any atom is 0.317 e. The van der Waals surface area contributed by atoms with Crippen LogP contribution in [-0.2, 0) is 16.1 Å². The molecule has 1 N–H and O–H groups in total. The number of carbonyl (C=O) groups is 1. The number of nitrogens with zero attached hydrogens (tertiary/aromatic N) is 2. The number of carboxylic acid groups (broad SMARTS) is 1. The van der Waals surface area contributed by atoms with E-state index < -0.39 is 5.97 Å². The van der Waals surface area contributed by atoms with E-state index in [9.17, 15) is 4.79 Å². The van der Waals surface area contributed by atoms with Gasteiger partial charge in [0, 0.05) is 25.1 Å². The zero-order valence-corrected chi connectivity index (χ0v) is 10.3. The molecule has 0 bridgehead atoms. The van der Waals surface area contributed by atoms with Gasteiger partial charge in [0.25, 0.3) is 0 Å². The second-order valence-electron chi connectivity index (χ2n) is 3.46. The van der Waals surface area contributed by atoms with Crippen LogP contribution in [0.4, 0.5) is 0 Å². The molecule has 5 nitrogen and oxygen atoms in total. The number of aryl methyl sites for hydroxylation is 1. The monoisotopic (exact) mass is 244 g/mol. The van der Waals surface area contributed by atoms with Gasteiger partial charge in [0.2, 0.25) is 0 Å². The first-order valence-corrected chi connectivity index (χ1v) is 5.83. The van der Waals surface area contributed by atoms with Crippen LogP contribution in [0, 0.1) is 6.92 Å². The van der Waals surface area contributed by atoms with Gasteiger partial charge in [-0.25, -0.2) is 4.98 Å². The topological polar surface area (TPSA) is 62.7 Å². The molecule has 90 valence electrons. The van der Waals surface area contributed by atoms with E-state index >= 15 is 0 Å². The fourth-order valence-electron chi connectivity index (χ4n) is 1.31. The van der Waals surface area contributed by atoms with E-state index in [1.807, 2.05) is 11.8 Å². The van der Waals surface area contributed by atoms with Crippen LogP contribution in [0.15, 0.2) is 5.51 Å². The molecule has 0 spiro atoms. The Labute approximate surface area is 98.7 Å². The van der Waals surface area contributed by atoms with Gasteiger partial charge in [-0.3, -0.25) is 9.69 Å². The molecule has 1 aromatic heterocycles. The molecule has 0 aliphatic rings. The number of rotatable bonds is 7. The van der Waals surface area contributed by atoms with Crippen molar-refractivity contribution in [3.8, 4) is 0 Å². The van der Waals surface area contributed by atoms with Crippen molar-refractivity contribution in [1.82, 2.24) is 9.88 Å². The van der Waals surface area contributed by atoms with E-state index in [4.69, 9.17) is 9.84 Å². The Hall–Kier alpha value is -0.980. The summed E-state index contributed by atoms with van der Waals surface area (Å²) in [6.07, 6.45) is 0. The lowest BCUT2D eigenvalue weighted by Crippen LogP contribution is -2.32. The quantitative estimate of drug-likeness (QED) is 0.774. The van der Waals surface area contributed by atoms with Crippen molar-refractivity contribution in [2.75, 3.05) is 26.8 Å². The zero-order chi connectivity index (χ0) is 12.0. The summed E-state index contributed by atoms with van der Waals surface area (Å²) in [4.78, 5) is 17.8. The first-order chi connectivity index (χ1) is 7.63. The molecule has 1 rings (SSSR count). The Morgan fingerprint density at radius 2 is 2.44 bits per heavy atom. The van der Waals surface area contributed by atoms with E-state index in [-0.39, 0.29) is 6.54 Å². The van der Waals surface area contributed by atoms with Crippen molar-refractivity contribution in [3.63, 3.8) is 0 Å². The molecule has 0 aliphatic heterocycles. The lowest BCUT2D eigenvalue weighted by atomic mass is 10.3. The van der Waals surface area contributed by atoms with Crippen LogP contribution in [-0.4, -0.2) is 47.8 Å². The van der Waals surface area contributed by atoms with Gasteiger partial charge in [0.05, 0.1) is 24.4 Å². The average Bonchev–Trinajstić information content (AvgIpc) is 2.60. The van der Waals surface area contributed by atoms with Crippen molar-refractivity contribution >= 4 is 17.3 Å². The molecule has 0 saturated heterocycles. The summed E-state index contributed by atoms with van der Waals surface area (Å²) in [5, 5.41) is 8.79. The molecule has 1 aromatic rings. The third-order valence-corrected chi connectivity index (χ3v) is 3.10. The van der Waals surface area contributed by atoms with Gasteiger partial charge in [-0.2, -0.15) is 0 Å². The predicted molar refractivity (Wildman–Crippen MR) is 61.6 cm³/mol. The average molecular weight is 244 g/mol. The number of aromatic nitrogens is 1. The molecule has 0 aliphatic carbocycles. The maximum absolute atomic E-state index is 10.7. The number of carboxylic acids is 1. The molecule has 0 atom stereocenters. The summed E-state index contributed by atoms with van der Waals surface area (Å²) >= 11 is 1.55. The minimum absolute atomic E-state index is 0.0285. The number of thiazole rings is 1. The second kappa shape index (κ2) is 6.57. The highest BCUT2D eigenvalue weighted by atomic mass is 32.1. The van der Waals surface area contributed by atoms with E-state index in [0.29, 0.717) is 19.7 Å². The molecule has 0 aromatic carbocycles. The zero-order valence-electron chi connectivity index (χ0n) is 9.47. The summed E-state index contributed by atoms with van der Waals surface area (Å²) in [7, 11) is 1.61. The van der Waals surface area contributed by atoms with Gasteiger partial charge in [0.1, 0.15) is 0 Å². The second-order valence-corrected chi connectivity index (χ2v) is 4.40. The van der Waals surface area contributed by atoms with Gasteiger partial charge >= 0.3 is 5.97 Å². The first kappa shape index (κ1) is 13.1. The smallest absolute Gasteiger partial charge is 0.317 e. The lowest BCUT2D eigenvalue weighted by molar-refractivity contribution is -0.138. The van der Waals surface area contributed by atoms with Crippen molar-refractivity contribution < 1.29 is 14.6 Å². The fourth-order valence-corrected chi connectivity index (χ4v) is 2.13. The van der Waals surface area contributed by atoms with Crippen LogP contribution < -0.4 is 0 Å². The van der Waals surface area contributed by atoms with E-state index in [1.54, 1.807) is 24.0 Å². The van der Waals surface area contributed by atoms with Gasteiger partial charge < -0.3 is 9.84 Å². The lowest BCUT2D eigenvalue weighted by Gasteiger charge is -2.18. The maximum atomic E-state index is 10.7. The molecule has 6 heteroatoms. The minimum atomic E-state index is -0.821. The van der Waals surface area contributed by atoms with Crippen molar-refractivity contribution in [3.05, 3.63) is 16.1 Å². The summed E-state index contributed by atoms with van der Waals surface area (Å²) in [5.74, 6) is -0.821. The van der Waals surface area contributed by atoms with Crippen molar-refractivity contribution in [1.29, 1.82) is 0 Å². The molecule has 0 saturated carbocycles. The predicted octanol–water partition coefficient (Wildman–Crippen LogP) is 0.985. The van der Waals surface area contributed by atoms with E-state index in [0.717, 1.165) is 10.6 Å². The highest BCUT2D eigenvalue weighted by Gasteiger charge is 2.12. The highest BCUT2D eigenvalue weighted by Crippen LogP contribution is 2.14. The molecule has 0 fully saturated rings. The Morgan fingerprint density at radius 3 is 2.94 bits per heavy atom. The molecule has 0 amide bonds. The van der Waals surface area contributed by atoms with Crippen LogP contribution >= 0.6 is 11.3 Å². The normalized spacial score (nSPS) is 10.9.